The second-order valence-electron chi connectivity index (χ2n) is 4.52. The van der Waals surface area contributed by atoms with Crippen LogP contribution in [0.5, 0.6) is 0 Å². The first kappa shape index (κ1) is 17.6. The van der Waals surface area contributed by atoms with Gasteiger partial charge in [-0.15, -0.1) is 0 Å². The number of halogens is 1. The summed E-state index contributed by atoms with van der Waals surface area (Å²) < 4.78 is 0.852. The number of amides is 2. The summed E-state index contributed by atoms with van der Waals surface area (Å²) in [6.45, 7) is 3.94. The lowest BCUT2D eigenvalue weighted by Gasteiger charge is -2.11. The highest BCUT2D eigenvalue weighted by atomic mass is 79.9. The maximum atomic E-state index is 11.9. The van der Waals surface area contributed by atoms with Crippen molar-refractivity contribution in [3.05, 3.63) is 33.8 Å². The Morgan fingerprint density at radius 2 is 2.00 bits per heavy atom. The molecule has 0 atom stereocenters. The molecule has 0 saturated heterocycles. The molecule has 0 aliphatic heterocycles. The Hall–Kier alpha value is -1.47. The molecule has 5 nitrogen and oxygen atoms in total. The van der Waals surface area contributed by atoms with Gasteiger partial charge in [-0.05, 0) is 43.3 Å². The maximum Gasteiger partial charge on any atom is 0.269 e. The zero-order valence-electron chi connectivity index (χ0n) is 12.0. The van der Waals surface area contributed by atoms with Crippen LogP contribution in [0.25, 0.3) is 0 Å². The molecule has 0 aliphatic rings. The number of hydrazine groups is 1. The third kappa shape index (κ3) is 6.22. The molecule has 0 heterocycles. The summed E-state index contributed by atoms with van der Waals surface area (Å²) >= 11 is 8.30. The molecule has 0 unspecified atom stereocenters. The van der Waals surface area contributed by atoms with Crippen molar-refractivity contribution in [2.45, 2.75) is 33.1 Å². The van der Waals surface area contributed by atoms with E-state index in [1.54, 1.807) is 12.1 Å². The summed E-state index contributed by atoms with van der Waals surface area (Å²) in [4.78, 5) is 23.4. The smallest absolute Gasteiger partial charge is 0.269 e. The average Bonchev–Trinajstić information content (AvgIpc) is 2.45. The van der Waals surface area contributed by atoms with E-state index in [2.05, 4.69) is 32.1 Å². The van der Waals surface area contributed by atoms with E-state index in [1.807, 2.05) is 19.9 Å². The zero-order valence-corrected chi connectivity index (χ0v) is 14.4. The molecular weight excluding hydrogens is 354 g/mol. The number of hydrogen-bond donors (Lipinski definition) is 3. The van der Waals surface area contributed by atoms with E-state index in [1.165, 1.54) is 0 Å². The van der Waals surface area contributed by atoms with E-state index < -0.39 is 0 Å². The summed E-state index contributed by atoms with van der Waals surface area (Å²) in [7, 11) is 0. The highest BCUT2D eigenvalue weighted by Crippen LogP contribution is 2.17. The predicted octanol–water partition coefficient (Wildman–Crippen LogP) is 2.58. The predicted molar refractivity (Wildman–Crippen MR) is 89.7 cm³/mol. The molecule has 1 aromatic rings. The number of benzene rings is 1. The van der Waals surface area contributed by atoms with Crippen molar-refractivity contribution in [1.82, 2.24) is 16.2 Å². The molecule has 7 heteroatoms. The SMILES string of the molecule is CCCCC(=O)NC(=S)NNC(=O)c1ccc(C)c(Br)c1. The molecule has 3 N–H and O–H groups in total. The molecule has 1 rings (SSSR count). The van der Waals surface area contributed by atoms with E-state index in [0.29, 0.717) is 12.0 Å². The van der Waals surface area contributed by atoms with Crippen LogP contribution in [0.2, 0.25) is 0 Å². The quantitative estimate of drug-likeness (QED) is 0.561. The van der Waals surface area contributed by atoms with Crippen molar-refractivity contribution in [3.63, 3.8) is 0 Å². The van der Waals surface area contributed by atoms with Crippen molar-refractivity contribution in [2.24, 2.45) is 0 Å². The Morgan fingerprint density at radius 3 is 2.62 bits per heavy atom. The van der Waals surface area contributed by atoms with Crippen molar-refractivity contribution in [2.75, 3.05) is 0 Å². The van der Waals surface area contributed by atoms with Crippen LogP contribution >= 0.6 is 28.1 Å². The van der Waals surface area contributed by atoms with E-state index >= 15 is 0 Å². The fourth-order valence-corrected chi connectivity index (χ4v) is 2.02. The maximum absolute atomic E-state index is 11.9. The Bertz CT molecular complexity index is 549. The zero-order chi connectivity index (χ0) is 15.8. The molecule has 1 aromatic carbocycles. The number of carbonyl (C=O) groups is 2. The van der Waals surface area contributed by atoms with Gasteiger partial charge >= 0.3 is 0 Å². The Morgan fingerprint density at radius 1 is 1.29 bits per heavy atom. The standard InChI is InChI=1S/C14H18BrN3O2S/c1-3-4-5-12(19)16-14(21)18-17-13(20)10-7-6-9(2)11(15)8-10/h6-8H,3-5H2,1-2H3,(H,17,20)(H2,16,18,19,21). The van der Waals surface area contributed by atoms with Crippen LogP contribution in [0.3, 0.4) is 0 Å². The first-order valence-corrected chi connectivity index (χ1v) is 7.80. The molecule has 0 saturated carbocycles. The minimum Gasteiger partial charge on any atom is -0.302 e. The molecule has 0 bridgehead atoms. The van der Waals surface area contributed by atoms with E-state index in [0.717, 1.165) is 22.9 Å². The lowest BCUT2D eigenvalue weighted by molar-refractivity contribution is -0.119. The van der Waals surface area contributed by atoms with Gasteiger partial charge in [0, 0.05) is 16.5 Å². The van der Waals surface area contributed by atoms with Crippen LogP contribution in [0.15, 0.2) is 22.7 Å². The first-order valence-electron chi connectivity index (χ1n) is 6.60. The topological polar surface area (TPSA) is 70.2 Å². The van der Waals surface area contributed by atoms with Gasteiger partial charge in [-0.2, -0.15) is 0 Å². The molecular formula is C14H18BrN3O2S. The van der Waals surface area contributed by atoms with Gasteiger partial charge in [0.1, 0.15) is 0 Å². The summed E-state index contributed by atoms with van der Waals surface area (Å²) in [6.07, 6.45) is 2.15. The average molecular weight is 372 g/mol. The second kappa shape index (κ2) is 8.74. The van der Waals surface area contributed by atoms with Crippen molar-refractivity contribution in [1.29, 1.82) is 0 Å². The van der Waals surface area contributed by atoms with Gasteiger partial charge in [-0.25, -0.2) is 0 Å². The molecule has 2 amide bonds. The highest BCUT2D eigenvalue weighted by Gasteiger charge is 2.08. The van der Waals surface area contributed by atoms with Crippen LogP contribution < -0.4 is 16.2 Å². The van der Waals surface area contributed by atoms with Gasteiger partial charge in [0.25, 0.3) is 5.91 Å². The minimum atomic E-state index is -0.333. The van der Waals surface area contributed by atoms with Crippen molar-refractivity contribution in [3.8, 4) is 0 Å². The number of hydrogen-bond acceptors (Lipinski definition) is 3. The number of nitrogens with one attached hydrogen (secondary N) is 3. The van der Waals surface area contributed by atoms with Crippen molar-refractivity contribution < 1.29 is 9.59 Å². The normalized spacial score (nSPS) is 9.86. The third-order valence-electron chi connectivity index (χ3n) is 2.73. The van der Waals surface area contributed by atoms with Gasteiger partial charge in [0.15, 0.2) is 5.11 Å². The summed E-state index contributed by atoms with van der Waals surface area (Å²) in [5, 5.41) is 2.58. The Labute approximate surface area is 138 Å². The Kier molecular flexibility index (Phi) is 7.31. The fraction of sp³-hybridized carbons (Fsp3) is 0.357. The lowest BCUT2D eigenvalue weighted by Crippen LogP contribution is -2.48. The largest absolute Gasteiger partial charge is 0.302 e. The second-order valence-corrected chi connectivity index (χ2v) is 5.79. The third-order valence-corrected chi connectivity index (χ3v) is 3.79. The minimum absolute atomic E-state index is 0.0793. The molecule has 0 fully saturated rings. The van der Waals surface area contributed by atoms with Crippen LogP contribution in [-0.2, 0) is 4.79 Å². The number of rotatable bonds is 4. The monoisotopic (exact) mass is 371 g/mol. The van der Waals surface area contributed by atoms with Gasteiger partial charge in [-0.1, -0.05) is 35.3 Å². The number of carbonyl (C=O) groups excluding carboxylic acids is 2. The van der Waals surface area contributed by atoms with Crippen LogP contribution in [0.1, 0.15) is 42.1 Å². The van der Waals surface area contributed by atoms with Gasteiger partial charge < -0.3 is 5.32 Å². The van der Waals surface area contributed by atoms with Gasteiger partial charge in [0.2, 0.25) is 5.91 Å². The first-order chi connectivity index (χ1) is 9.93. The van der Waals surface area contributed by atoms with E-state index in [4.69, 9.17) is 12.2 Å². The number of unbranched alkanes of at least 4 members (excludes halogenated alkanes) is 1. The van der Waals surface area contributed by atoms with Crippen LogP contribution in [0, 0.1) is 6.92 Å². The Balaban J connectivity index is 2.43. The van der Waals surface area contributed by atoms with Crippen molar-refractivity contribution >= 4 is 45.1 Å². The van der Waals surface area contributed by atoms with Crippen LogP contribution in [-0.4, -0.2) is 16.9 Å². The molecule has 0 aliphatic carbocycles. The summed E-state index contributed by atoms with van der Waals surface area (Å²) in [5.74, 6) is -0.498. The lowest BCUT2D eigenvalue weighted by atomic mass is 10.1. The van der Waals surface area contributed by atoms with E-state index in [-0.39, 0.29) is 16.9 Å². The number of thiocarbonyl (C=S) groups is 1. The molecule has 21 heavy (non-hydrogen) atoms. The van der Waals surface area contributed by atoms with Gasteiger partial charge in [-0.3, -0.25) is 20.4 Å². The molecule has 0 spiro atoms. The molecule has 0 radical (unpaired) electrons. The fourth-order valence-electron chi connectivity index (χ4n) is 1.48. The molecule has 0 aromatic heterocycles. The van der Waals surface area contributed by atoms with E-state index in [9.17, 15) is 9.59 Å². The van der Waals surface area contributed by atoms with Crippen LogP contribution in [0.4, 0.5) is 0 Å². The van der Waals surface area contributed by atoms with Gasteiger partial charge in [0.05, 0.1) is 0 Å². The highest BCUT2D eigenvalue weighted by molar-refractivity contribution is 9.10. The summed E-state index contributed by atoms with van der Waals surface area (Å²) in [5.41, 5.74) is 6.47. The summed E-state index contributed by atoms with van der Waals surface area (Å²) in [6, 6.07) is 5.26. The number of aryl methyl sites for hydroxylation is 1. The molecule has 114 valence electrons.